The number of rotatable bonds is 4. The van der Waals surface area contributed by atoms with Crippen molar-refractivity contribution in [1.29, 1.82) is 0 Å². The molecule has 9 heteroatoms. The van der Waals surface area contributed by atoms with Crippen molar-refractivity contribution in [2.45, 2.75) is 0 Å². The number of nitrogens with one attached hydrogen (secondary N) is 1. The van der Waals surface area contributed by atoms with E-state index in [9.17, 15) is 19.7 Å². The Morgan fingerprint density at radius 1 is 1.00 bits per heavy atom. The van der Waals surface area contributed by atoms with Gasteiger partial charge in [0.15, 0.2) is 0 Å². The summed E-state index contributed by atoms with van der Waals surface area (Å²) in [5.74, 6) is -1.48. The minimum absolute atomic E-state index is 0.0604. The normalized spacial score (nSPS) is 14.2. The van der Waals surface area contributed by atoms with E-state index in [1.807, 2.05) is 0 Å². The van der Waals surface area contributed by atoms with Crippen LogP contribution in [-0.4, -0.2) is 16.7 Å². The lowest BCUT2D eigenvalue weighted by Crippen LogP contribution is -2.32. The third kappa shape index (κ3) is 3.19. The Kier molecular flexibility index (Phi) is 4.43. The predicted octanol–water partition coefficient (Wildman–Crippen LogP) is 3.68. The minimum Gasteiger partial charge on any atom is -0.350 e. The Morgan fingerprint density at radius 3 is 2.40 bits per heavy atom. The molecule has 0 bridgehead atoms. The number of amides is 2. The summed E-state index contributed by atoms with van der Waals surface area (Å²) in [6.45, 7) is 0. The molecular weight excluding hydrogens is 369 g/mol. The van der Waals surface area contributed by atoms with Crippen LogP contribution in [0.5, 0.6) is 0 Å². The van der Waals surface area contributed by atoms with Crippen molar-refractivity contribution in [3.05, 3.63) is 74.4 Å². The van der Waals surface area contributed by atoms with Gasteiger partial charge < -0.3 is 5.32 Å². The zero-order chi connectivity index (χ0) is 18.1. The van der Waals surface area contributed by atoms with Gasteiger partial charge in [-0.05, 0) is 24.3 Å². The molecule has 1 aliphatic heterocycles. The number of nitro benzene ring substituents is 1. The smallest absolute Gasteiger partial charge is 0.283 e. The van der Waals surface area contributed by atoms with Crippen molar-refractivity contribution in [1.82, 2.24) is 0 Å². The van der Waals surface area contributed by atoms with Crippen molar-refractivity contribution < 1.29 is 14.5 Å². The van der Waals surface area contributed by atoms with Gasteiger partial charge >= 0.3 is 0 Å². The van der Waals surface area contributed by atoms with Crippen LogP contribution in [0.15, 0.2) is 59.3 Å². The summed E-state index contributed by atoms with van der Waals surface area (Å²) in [5, 5.41) is 13.8. The number of nitro groups is 1. The number of imide groups is 1. The van der Waals surface area contributed by atoms with Gasteiger partial charge in [0.25, 0.3) is 17.5 Å². The second-order valence-electron chi connectivity index (χ2n) is 5.05. The third-order valence-corrected chi connectivity index (χ3v) is 4.01. The number of halogens is 2. The van der Waals surface area contributed by atoms with Crippen LogP contribution in [0, 0.1) is 10.1 Å². The molecule has 7 nitrogen and oxygen atoms in total. The molecule has 0 unspecified atom stereocenters. The number of benzene rings is 2. The average Bonchev–Trinajstić information content (AvgIpc) is 2.79. The second kappa shape index (κ2) is 6.54. The lowest BCUT2D eigenvalue weighted by atomic mass is 10.2. The summed E-state index contributed by atoms with van der Waals surface area (Å²) in [4.78, 5) is 36.0. The molecule has 0 aliphatic carbocycles. The van der Waals surface area contributed by atoms with Gasteiger partial charge in [0, 0.05) is 22.8 Å². The second-order valence-corrected chi connectivity index (χ2v) is 5.86. The van der Waals surface area contributed by atoms with E-state index < -0.39 is 16.7 Å². The van der Waals surface area contributed by atoms with Gasteiger partial charge in [0.1, 0.15) is 10.7 Å². The van der Waals surface area contributed by atoms with Crippen LogP contribution >= 0.6 is 23.2 Å². The first-order chi connectivity index (χ1) is 11.9. The number of carbonyl (C=O) groups is 2. The first kappa shape index (κ1) is 16.9. The quantitative estimate of drug-likeness (QED) is 0.498. The number of hydrogen-bond acceptors (Lipinski definition) is 5. The standard InChI is InChI=1S/C16H9Cl2N3O4/c17-9-3-1-4-10(7-9)19-14-13(18)15(22)20(16(14)23)11-5-2-6-12(8-11)21(24)25/h1-8,19H. The maximum Gasteiger partial charge on any atom is 0.283 e. The molecule has 2 amide bonds. The van der Waals surface area contributed by atoms with Crippen LogP contribution < -0.4 is 10.2 Å². The van der Waals surface area contributed by atoms with E-state index in [4.69, 9.17) is 23.2 Å². The van der Waals surface area contributed by atoms with Gasteiger partial charge in [-0.3, -0.25) is 19.7 Å². The molecule has 3 rings (SSSR count). The fourth-order valence-corrected chi connectivity index (χ4v) is 2.70. The molecule has 25 heavy (non-hydrogen) atoms. The molecule has 0 aromatic heterocycles. The van der Waals surface area contributed by atoms with Crippen LogP contribution in [0.1, 0.15) is 0 Å². The van der Waals surface area contributed by atoms with Gasteiger partial charge in [-0.1, -0.05) is 35.3 Å². The van der Waals surface area contributed by atoms with Gasteiger partial charge in [-0.15, -0.1) is 0 Å². The highest BCUT2D eigenvalue weighted by Crippen LogP contribution is 2.32. The summed E-state index contributed by atoms with van der Waals surface area (Å²) in [6.07, 6.45) is 0. The molecule has 0 atom stereocenters. The van der Waals surface area contributed by atoms with Crippen LogP contribution in [0.4, 0.5) is 17.1 Å². The molecule has 1 N–H and O–H groups in total. The van der Waals surface area contributed by atoms with Crippen LogP contribution in [-0.2, 0) is 9.59 Å². The number of carbonyl (C=O) groups excluding carboxylic acids is 2. The van der Waals surface area contributed by atoms with Gasteiger partial charge in [0.2, 0.25) is 0 Å². The molecule has 126 valence electrons. The maximum atomic E-state index is 12.6. The zero-order valence-electron chi connectivity index (χ0n) is 12.4. The van der Waals surface area contributed by atoms with E-state index in [-0.39, 0.29) is 22.1 Å². The fourth-order valence-electron chi connectivity index (χ4n) is 2.30. The molecule has 0 fully saturated rings. The highest BCUT2D eigenvalue weighted by Gasteiger charge is 2.39. The Labute approximate surface area is 151 Å². The predicted molar refractivity (Wildman–Crippen MR) is 93.5 cm³/mol. The molecule has 1 aliphatic rings. The minimum atomic E-state index is -0.767. The Hall–Kier alpha value is -2.90. The number of nitrogens with zero attached hydrogens (tertiary/aromatic N) is 2. The topological polar surface area (TPSA) is 92.6 Å². The van der Waals surface area contributed by atoms with Gasteiger partial charge in [0.05, 0.1) is 10.6 Å². The number of hydrogen-bond donors (Lipinski definition) is 1. The Balaban J connectivity index is 1.94. The Morgan fingerprint density at radius 2 is 1.72 bits per heavy atom. The summed E-state index contributed by atoms with van der Waals surface area (Å²) in [7, 11) is 0. The molecule has 0 radical (unpaired) electrons. The lowest BCUT2D eigenvalue weighted by molar-refractivity contribution is -0.384. The molecule has 0 saturated heterocycles. The van der Waals surface area contributed by atoms with E-state index >= 15 is 0 Å². The van der Waals surface area contributed by atoms with Gasteiger partial charge in [-0.2, -0.15) is 0 Å². The van der Waals surface area contributed by atoms with Crippen LogP contribution in [0.2, 0.25) is 5.02 Å². The molecular formula is C16H9Cl2N3O4. The highest BCUT2D eigenvalue weighted by molar-refractivity contribution is 6.53. The summed E-state index contributed by atoms with van der Waals surface area (Å²) in [5.41, 5.74) is 0.166. The highest BCUT2D eigenvalue weighted by atomic mass is 35.5. The molecule has 2 aromatic carbocycles. The van der Waals surface area contributed by atoms with E-state index in [2.05, 4.69) is 5.32 Å². The van der Waals surface area contributed by atoms with Gasteiger partial charge in [-0.25, -0.2) is 4.90 Å². The molecule has 2 aromatic rings. The largest absolute Gasteiger partial charge is 0.350 e. The van der Waals surface area contributed by atoms with Crippen molar-refractivity contribution in [3.63, 3.8) is 0 Å². The first-order valence-corrected chi connectivity index (χ1v) is 7.69. The summed E-state index contributed by atoms with van der Waals surface area (Å²) >= 11 is 11.9. The first-order valence-electron chi connectivity index (χ1n) is 6.94. The average molecular weight is 378 g/mol. The SMILES string of the molecule is O=C1C(Cl)=C(Nc2cccc(Cl)c2)C(=O)N1c1cccc([N+](=O)[O-])c1. The van der Waals surface area contributed by atoms with Crippen LogP contribution in [0.3, 0.4) is 0 Å². The molecule has 0 spiro atoms. The third-order valence-electron chi connectivity index (χ3n) is 3.42. The van der Waals surface area contributed by atoms with Crippen molar-refractivity contribution in [2.24, 2.45) is 0 Å². The molecule has 0 saturated carbocycles. The summed E-state index contributed by atoms with van der Waals surface area (Å²) < 4.78 is 0. The monoisotopic (exact) mass is 377 g/mol. The van der Waals surface area contributed by atoms with Crippen LogP contribution in [0.25, 0.3) is 0 Å². The van der Waals surface area contributed by atoms with Crippen molar-refractivity contribution in [2.75, 3.05) is 10.2 Å². The molecule has 1 heterocycles. The lowest BCUT2D eigenvalue weighted by Gasteiger charge is -2.14. The maximum absolute atomic E-state index is 12.6. The zero-order valence-corrected chi connectivity index (χ0v) is 13.9. The number of anilines is 2. The van der Waals surface area contributed by atoms with E-state index in [1.165, 1.54) is 18.2 Å². The van der Waals surface area contributed by atoms with E-state index in [0.717, 1.165) is 11.0 Å². The summed E-state index contributed by atoms with van der Waals surface area (Å²) in [6, 6.07) is 11.7. The van der Waals surface area contributed by atoms with E-state index in [0.29, 0.717) is 10.7 Å². The van der Waals surface area contributed by atoms with Crippen molar-refractivity contribution >= 4 is 52.1 Å². The number of non-ortho nitro benzene ring substituents is 1. The Bertz CT molecular complexity index is 942. The van der Waals surface area contributed by atoms with E-state index in [1.54, 1.807) is 24.3 Å². The fraction of sp³-hybridized carbons (Fsp3) is 0. The van der Waals surface area contributed by atoms with Crippen molar-refractivity contribution in [3.8, 4) is 0 Å².